The van der Waals surface area contributed by atoms with Crippen molar-refractivity contribution in [3.8, 4) is 0 Å². The van der Waals surface area contributed by atoms with Gasteiger partial charge in [-0.2, -0.15) is 0 Å². The maximum Gasteiger partial charge on any atom is 0.253 e. The molecule has 5 heteroatoms. The van der Waals surface area contributed by atoms with Gasteiger partial charge in [0.25, 0.3) is 5.91 Å². The molecule has 0 fully saturated rings. The topological polar surface area (TPSA) is 67.2 Å². The van der Waals surface area contributed by atoms with Crippen LogP contribution >= 0.6 is 0 Å². The molecule has 0 unspecified atom stereocenters. The van der Waals surface area contributed by atoms with Crippen LogP contribution in [-0.4, -0.2) is 17.4 Å². The van der Waals surface area contributed by atoms with Crippen LogP contribution < -0.4 is 10.6 Å². The molecule has 0 aromatic carbocycles. The number of aromatic nitrogens is 1. The molecule has 0 radical (unpaired) electrons. The van der Waals surface area contributed by atoms with Gasteiger partial charge in [-0.3, -0.25) is 9.78 Å². The minimum atomic E-state index is -0.155. The molecule has 0 saturated heterocycles. The van der Waals surface area contributed by atoms with E-state index in [-0.39, 0.29) is 5.91 Å². The number of amides is 1. The Morgan fingerprint density at radius 2 is 2.25 bits per heavy atom. The lowest BCUT2D eigenvalue weighted by Gasteiger charge is -2.13. The maximum absolute atomic E-state index is 12.2. The first kappa shape index (κ1) is 16.3. The van der Waals surface area contributed by atoms with Gasteiger partial charge in [0.1, 0.15) is 5.76 Å². The normalized spacial score (nSPS) is 14.1. The minimum Gasteiger partial charge on any atom is -0.467 e. The zero-order chi connectivity index (χ0) is 16.6. The largest absolute Gasteiger partial charge is 0.467 e. The van der Waals surface area contributed by atoms with Crippen molar-refractivity contribution in [2.75, 3.05) is 11.9 Å². The number of anilines is 1. The first-order valence-electron chi connectivity index (χ1n) is 8.49. The summed E-state index contributed by atoms with van der Waals surface area (Å²) in [6.45, 7) is 1.24. The summed E-state index contributed by atoms with van der Waals surface area (Å²) in [6, 6.07) is 5.46. The molecule has 2 heterocycles. The molecule has 0 saturated carbocycles. The van der Waals surface area contributed by atoms with E-state index in [1.54, 1.807) is 24.7 Å². The number of furan rings is 1. The summed E-state index contributed by atoms with van der Waals surface area (Å²) in [5.41, 5.74) is 2.95. The molecule has 0 bridgehead atoms. The smallest absolute Gasteiger partial charge is 0.253 e. The van der Waals surface area contributed by atoms with Crippen LogP contribution in [0.1, 0.15) is 48.2 Å². The molecule has 0 spiro atoms. The summed E-state index contributed by atoms with van der Waals surface area (Å²) in [5, 5.41) is 6.18. The average molecular weight is 325 g/mol. The number of nitrogens with zero attached hydrogens (tertiary/aromatic N) is 1. The highest BCUT2D eigenvalue weighted by atomic mass is 16.3. The molecule has 2 N–H and O–H groups in total. The van der Waals surface area contributed by atoms with E-state index in [1.165, 1.54) is 31.3 Å². The summed E-state index contributed by atoms with van der Waals surface area (Å²) < 4.78 is 5.21. The molecule has 1 amide bonds. The van der Waals surface area contributed by atoms with Crippen molar-refractivity contribution in [1.29, 1.82) is 0 Å². The Morgan fingerprint density at radius 1 is 1.29 bits per heavy atom. The standard InChI is InChI=1S/C19H23N3O2/c23-19(22-14-18-7-4-10-24-18)16-11-17(13-20-12-16)21-9-8-15-5-2-1-3-6-15/h4-5,7,10-13,21H,1-3,6,8-9,14H2,(H,22,23). The predicted molar refractivity (Wildman–Crippen MR) is 93.8 cm³/mol. The minimum absolute atomic E-state index is 0.155. The first-order valence-corrected chi connectivity index (χ1v) is 8.49. The average Bonchev–Trinajstić information content (AvgIpc) is 3.14. The molecular formula is C19H23N3O2. The fourth-order valence-electron chi connectivity index (χ4n) is 2.84. The van der Waals surface area contributed by atoms with Crippen LogP contribution in [0.25, 0.3) is 0 Å². The Balaban J connectivity index is 1.49. The summed E-state index contributed by atoms with van der Waals surface area (Å²) in [6.07, 6.45) is 13.4. The molecule has 0 atom stereocenters. The lowest BCUT2D eigenvalue weighted by Crippen LogP contribution is -2.22. The van der Waals surface area contributed by atoms with Gasteiger partial charge in [-0.05, 0) is 50.3 Å². The number of nitrogens with one attached hydrogen (secondary N) is 2. The second-order valence-electron chi connectivity index (χ2n) is 6.01. The van der Waals surface area contributed by atoms with E-state index in [9.17, 15) is 4.79 Å². The van der Waals surface area contributed by atoms with Crippen molar-refractivity contribution < 1.29 is 9.21 Å². The summed E-state index contributed by atoms with van der Waals surface area (Å²) in [5.74, 6) is 0.573. The number of hydrogen-bond donors (Lipinski definition) is 2. The highest BCUT2D eigenvalue weighted by molar-refractivity contribution is 5.94. The third-order valence-corrected chi connectivity index (χ3v) is 4.16. The van der Waals surface area contributed by atoms with Crippen LogP contribution in [0, 0.1) is 0 Å². The Morgan fingerprint density at radius 3 is 3.04 bits per heavy atom. The first-order chi connectivity index (χ1) is 11.8. The van der Waals surface area contributed by atoms with Gasteiger partial charge >= 0.3 is 0 Å². The number of hydrogen-bond acceptors (Lipinski definition) is 4. The van der Waals surface area contributed by atoms with Crippen LogP contribution in [0.15, 0.2) is 52.9 Å². The summed E-state index contributed by atoms with van der Waals surface area (Å²) in [4.78, 5) is 16.3. The third-order valence-electron chi connectivity index (χ3n) is 4.16. The summed E-state index contributed by atoms with van der Waals surface area (Å²) >= 11 is 0. The Labute approximate surface area is 142 Å². The number of allylic oxidation sites excluding steroid dienone is 1. The van der Waals surface area contributed by atoms with E-state index in [0.29, 0.717) is 12.1 Å². The second-order valence-corrected chi connectivity index (χ2v) is 6.01. The SMILES string of the molecule is O=C(NCc1ccco1)c1cncc(NCCC2=CCCCC2)c1. The predicted octanol–water partition coefficient (Wildman–Crippen LogP) is 3.91. The number of rotatable bonds is 7. The molecule has 2 aromatic rings. The van der Waals surface area contributed by atoms with Crippen molar-refractivity contribution in [3.63, 3.8) is 0 Å². The fourth-order valence-corrected chi connectivity index (χ4v) is 2.84. The van der Waals surface area contributed by atoms with E-state index in [2.05, 4.69) is 21.7 Å². The number of pyridine rings is 1. The van der Waals surface area contributed by atoms with E-state index in [4.69, 9.17) is 4.42 Å². The van der Waals surface area contributed by atoms with Crippen LogP contribution in [0.2, 0.25) is 0 Å². The van der Waals surface area contributed by atoms with Gasteiger partial charge in [-0.1, -0.05) is 11.6 Å². The zero-order valence-electron chi connectivity index (χ0n) is 13.8. The Kier molecular flexibility index (Phi) is 5.66. The third kappa shape index (κ3) is 4.72. The quantitative estimate of drug-likeness (QED) is 0.758. The van der Waals surface area contributed by atoms with E-state index >= 15 is 0 Å². The van der Waals surface area contributed by atoms with Crippen LogP contribution in [0.4, 0.5) is 5.69 Å². The highest BCUT2D eigenvalue weighted by Crippen LogP contribution is 2.20. The molecule has 2 aromatic heterocycles. The molecule has 3 rings (SSSR count). The molecule has 0 aliphatic heterocycles. The van der Waals surface area contributed by atoms with Crippen LogP contribution in [0.5, 0.6) is 0 Å². The van der Waals surface area contributed by atoms with Crippen LogP contribution in [0.3, 0.4) is 0 Å². The second kappa shape index (κ2) is 8.34. The molecule has 1 aliphatic rings. The van der Waals surface area contributed by atoms with E-state index in [1.807, 2.05) is 12.1 Å². The van der Waals surface area contributed by atoms with Crippen molar-refractivity contribution in [3.05, 3.63) is 59.8 Å². The van der Waals surface area contributed by atoms with Gasteiger partial charge < -0.3 is 15.1 Å². The molecule has 24 heavy (non-hydrogen) atoms. The lowest BCUT2D eigenvalue weighted by molar-refractivity contribution is 0.0947. The number of carbonyl (C=O) groups excluding carboxylic acids is 1. The Hall–Kier alpha value is -2.56. The molecule has 126 valence electrons. The zero-order valence-corrected chi connectivity index (χ0v) is 13.8. The highest BCUT2D eigenvalue weighted by Gasteiger charge is 2.08. The lowest BCUT2D eigenvalue weighted by atomic mass is 9.97. The monoisotopic (exact) mass is 325 g/mol. The van der Waals surface area contributed by atoms with Crippen molar-refractivity contribution in [1.82, 2.24) is 10.3 Å². The van der Waals surface area contributed by atoms with Gasteiger partial charge in [-0.25, -0.2) is 0 Å². The molecular weight excluding hydrogens is 302 g/mol. The van der Waals surface area contributed by atoms with E-state index in [0.717, 1.165) is 24.4 Å². The Bertz CT molecular complexity index is 692. The van der Waals surface area contributed by atoms with Gasteiger partial charge in [0.05, 0.1) is 24.1 Å². The maximum atomic E-state index is 12.2. The van der Waals surface area contributed by atoms with E-state index < -0.39 is 0 Å². The molecule has 5 nitrogen and oxygen atoms in total. The van der Waals surface area contributed by atoms with Crippen molar-refractivity contribution >= 4 is 11.6 Å². The molecule has 1 aliphatic carbocycles. The van der Waals surface area contributed by atoms with Crippen molar-refractivity contribution in [2.45, 2.75) is 38.6 Å². The van der Waals surface area contributed by atoms with Crippen LogP contribution in [-0.2, 0) is 6.54 Å². The summed E-state index contributed by atoms with van der Waals surface area (Å²) in [7, 11) is 0. The van der Waals surface area contributed by atoms with Gasteiger partial charge in [0.2, 0.25) is 0 Å². The van der Waals surface area contributed by atoms with Gasteiger partial charge in [0.15, 0.2) is 0 Å². The van der Waals surface area contributed by atoms with Crippen molar-refractivity contribution in [2.24, 2.45) is 0 Å². The van der Waals surface area contributed by atoms with Gasteiger partial charge in [0, 0.05) is 18.9 Å². The fraction of sp³-hybridized carbons (Fsp3) is 0.368. The number of carbonyl (C=O) groups is 1. The van der Waals surface area contributed by atoms with Gasteiger partial charge in [-0.15, -0.1) is 0 Å².